The molecule has 0 bridgehead atoms. The van der Waals surface area contributed by atoms with E-state index in [9.17, 15) is 4.79 Å². The highest BCUT2D eigenvalue weighted by Crippen LogP contribution is 2.29. The summed E-state index contributed by atoms with van der Waals surface area (Å²) >= 11 is 3.23. The van der Waals surface area contributed by atoms with Gasteiger partial charge in [-0.15, -0.1) is 0 Å². The van der Waals surface area contributed by atoms with E-state index < -0.39 is 0 Å². The summed E-state index contributed by atoms with van der Waals surface area (Å²) in [5.41, 5.74) is 2.09. The van der Waals surface area contributed by atoms with Crippen LogP contribution in [0.3, 0.4) is 0 Å². The van der Waals surface area contributed by atoms with Gasteiger partial charge in [0.2, 0.25) is 0 Å². The normalized spacial score (nSPS) is 16.0. The fourth-order valence-electron chi connectivity index (χ4n) is 1.41. The Hall–Kier alpha value is -1.03. The van der Waals surface area contributed by atoms with E-state index in [0.29, 0.717) is 6.54 Å². The molecule has 1 aromatic rings. The van der Waals surface area contributed by atoms with Crippen LogP contribution in [0.25, 0.3) is 0 Å². The smallest absolute Gasteiger partial charge is 0.322 e. The van der Waals surface area contributed by atoms with Gasteiger partial charge in [0.1, 0.15) is 0 Å². The molecule has 0 fully saturated rings. The molecular weight excluding hydrogens is 232 g/mol. The van der Waals surface area contributed by atoms with Crippen LogP contribution in [-0.4, -0.2) is 18.0 Å². The predicted molar refractivity (Wildman–Crippen MR) is 54.7 cm³/mol. The van der Waals surface area contributed by atoms with Crippen LogP contribution in [0.4, 0.5) is 10.5 Å². The Bertz CT molecular complexity index is 353. The van der Waals surface area contributed by atoms with Crippen molar-refractivity contribution >= 4 is 27.9 Å². The van der Waals surface area contributed by atoms with Crippen LogP contribution in [-0.2, 0) is 6.54 Å². The summed E-state index contributed by atoms with van der Waals surface area (Å²) in [6.07, 6.45) is 0. The Morgan fingerprint density at radius 1 is 1.38 bits per heavy atom. The zero-order valence-electron chi connectivity index (χ0n) is 7.20. The Morgan fingerprint density at radius 2 is 2.08 bits per heavy atom. The van der Waals surface area contributed by atoms with Crippen LogP contribution in [0.2, 0.25) is 0 Å². The molecule has 0 saturated carbocycles. The standard InChI is InChI=1S/C9H9BrN2O/c1-11-6-7-4-2-3-5-8(7)12(10)9(11)13/h2-5H,6H2,1H3. The van der Waals surface area contributed by atoms with E-state index in [1.54, 1.807) is 11.9 Å². The molecule has 13 heavy (non-hydrogen) atoms. The highest BCUT2D eigenvalue weighted by Gasteiger charge is 2.25. The van der Waals surface area contributed by atoms with Gasteiger partial charge in [-0.3, -0.25) is 0 Å². The van der Waals surface area contributed by atoms with Gasteiger partial charge in [0.25, 0.3) is 0 Å². The second-order valence-electron chi connectivity index (χ2n) is 3.05. The zero-order valence-corrected chi connectivity index (χ0v) is 8.78. The largest absolute Gasteiger partial charge is 0.334 e. The molecule has 0 unspecified atom stereocenters. The first-order valence-electron chi connectivity index (χ1n) is 3.99. The first kappa shape index (κ1) is 8.56. The molecule has 3 nitrogen and oxygen atoms in total. The molecule has 2 amide bonds. The van der Waals surface area contributed by atoms with E-state index in [1.165, 1.54) is 3.93 Å². The molecule has 2 rings (SSSR count). The molecule has 0 aliphatic carbocycles. The van der Waals surface area contributed by atoms with Crippen molar-refractivity contribution in [2.75, 3.05) is 11.0 Å². The fourth-order valence-corrected chi connectivity index (χ4v) is 2.03. The van der Waals surface area contributed by atoms with Crippen molar-refractivity contribution in [3.8, 4) is 0 Å². The van der Waals surface area contributed by atoms with Crippen molar-refractivity contribution in [2.24, 2.45) is 0 Å². The van der Waals surface area contributed by atoms with Crippen molar-refractivity contribution in [2.45, 2.75) is 6.54 Å². The predicted octanol–water partition coefficient (Wildman–Crippen LogP) is 2.37. The topological polar surface area (TPSA) is 23.6 Å². The number of fused-ring (bicyclic) bond motifs is 1. The number of rotatable bonds is 0. The number of urea groups is 1. The molecule has 0 spiro atoms. The molecule has 1 aliphatic heterocycles. The van der Waals surface area contributed by atoms with Crippen LogP contribution in [0.1, 0.15) is 5.56 Å². The van der Waals surface area contributed by atoms with E-state index in [4.69, 9.17) is 0 Å². The second-order valence-corrected chi connectivity index (χ2v) is 3.76. The van der Waals surface area contributed by atoms with E-state index in [0.717, 1.165) is 11.3 Å². The molecular formula is C9H9BrN2O. The number of carbonyl (C=O) groups is 1. The summed E-state index contributed by atoms with van der Waals surface area (Å²) < 4.78 is 1.49. The van der Waals surface area contributed by atoms with Crippen LogP contribution in [0.5, 0.6) is 0 Å². The molecule has 1 aromatic carbocycles. The number of amides is 2. The van der Waals surface area contributed by atoms with Crippen LogP contribution in [0.15, 0.2) is 24.3 Å². The van der Waals surface area contributed by atoms with E-state index in [-0.39, 0.29) is 6.03 Å². The zero-order chi connectivity index (χ0) is 9.42. The molecule has 1 aliphatic rings. The quantitative estimate of drug-likeness (QED) is 0.639. The van der Waals surface area contributed by atoms with Gasteiger partial charge in [0, 0.05) is 13.6 Å². The van der Waals surface area contributed by atoms with Crippen molar-refractivity contribution in [3.63, 3.8) is 0 Å². The Balaban J connectivity index is 2.49. The third kappa shape index (κ3) is 1.31. The number of halogens is 1. The molecule has 0 aromatic heterocycles. The molecule has 0 saturated heterocycles. The second kappa shape index (κ2) is 3.03. The molecule has 4 heteroatoms. The Kier molecular flexibility index (Phi) is 2.00. The monoisotopic (exact) mass is 240 g/mol. The highest BCUT2D eigenvalue weighted by atomic mass is 79.9. The third-order valence-electron chi connectivity index (χ3n) is 2.11. The van der Waals surface area contributed by atoms with Crippen LogP contribution in [0, 0.1) is 0 Å². The van der Waals surface area contributed by atoms with Gasteiger partial charge in [-0.05, 0) is 11.6 Å². The average molecular weight is 241 g/mol. The number of hydrogen-bond donors (Lipinski definition) is 0. The fraction of sp³-hybridized carbons (Fsp3) is 0.222. The van der Waals surface area contributed by atoms with Crippen molar-refractivity contribution in [1.82, 2.24) is 4.90 Å². The summed E-state index contributed by atoms with van der Waals surface area (Å²) in [7, 11) is 1.78. The van der Waals surface area contributed by atoms with Crippen molar-refractivity contribution in [1.29, 1.82) is 0 Å². The summed E-state index contributed by atoms with van der Waals surface area (Å²) in [4.78, 5) is 13.2. The first-order chi connectivity index (χ1) is 6.20. The number of hydrogen-bond acceptors (Lipinski definition) is 1. The maximum atomic E-state index is 11.5. The summed E-state index contributed by atoms with van der Waals surface area (Å²) in [5.74, 6) is 0. The summed E-state index contributed by atoms with van der Waals surface area (Å²) in [5, 5.41) is 0. The van der Waals surface area contributed by atoms with Gasteiger partial charge in [0.05, 0.1) is 21.8 Å². The minimum Gasteiger partial charge on any atom is -0.322 e. The minimum atomic E-state index is -0.0290. The van der Waals surface area contributed by atoms with Crippen LogP contribution < -0.4 is 3.93 Å². The number of carbonyl (C=O) groups excluding carboxylic acids is 1. The molecule has 0 N–H and O–H groups in total. The number of anilines is 1. The van der Waals surface area contributed by atoms with Crippen LogP contribution >= 0.6 is 16.1 Å². The molecule has 68 valence electrons. The Labute approximate surface area is 85.3 Å². The first-order valence-corrected chi connectivity index (χ1v) is 4.70. The van der Waals surface area contributed by atoms with Crippen molar-refractivity contribution in [3.05, 3.63) is 29.8 Å². The molecule has 1 heterocycles. The SMILES string of the molecule is CN1Cc2ccccc2N(Br)C1=O. The van der Waals surface area contributed by atoms with Gasteiger partial charge < -0.3 is 4.90 Å². The lowest BCUT2D eigenvalue weighted by Crippen LogP contribution is -2.39. The van der Waals surface area contributed by atoms with Gasteiger partial charge in [-0.2, -0.15) is 0 Å². The van der Waals surface area contributed by atoms with E-state index in [2.05, 4.69) is 16.1 Å². The highest BCUT2D eigenvalue weighted by molar-refractivity contribution is 9.10. The summed E-state index contributed by atoms with van der Waals surface area (Å²) in [6.45, 7) is 0.678. The number of nitrogens with zero attached hydrogens (tertiary/aromatic N) is 2. The van der Waals surface area contributed by atoms with E-state index >= 15 is 0 Å². The molecule has 0 radical (unpaired) electrons. The maximum Gasteiger partial charge on any atom is 0.334 e. The van der Waals surface area contributed by atoms with Gasteiger partial charge in [0.15, 0.2) is 0 Å². The summed E-state index contributed by atoms with van der Waals surface area (Å²) in [6, 6.07) is 7.81. The van der Waals surface area contributed by atoms with Gasteiger partial charge in [-0.1, -0.05) is 18.2 Å². The minimum absolute atomic E-state index is 0.0290. The third-order valence-corrected chi connectivity index (χ3v) is 2.79. The van der Waals surface area contributed by atoms with Gasteiger partial charge >= 0.3 is 6.03 Å². The van der Waals surface area contributed by atoms with E-state index in [1.807, 2.05) is 24.3 Å². The average Bonchev–Trinajstić information content (AvgIpc) is 2.15. The number of benzene rings is 1. The van der Waals surface area contributed by atoms with Crippen molar-refractivity contribution < 1.29 is 4.79 Å². The lowest BCUT2D eigenvalue weighted by Gasteiger charge is -2.30. The lowest BCUT2D eigenvalue weighted by molar-refractivity contribution is 0.215. The van der Waals surface area contributed by atoms with Gasteiger partial charge in [-0.25, -0.2) is 8.72 Å². The Morgan fingerprint density at radius 3 is 2.85 bits per heavy atom. The number of para-hydroxylation sites is 1. The maximum absolute atomic E-state index is 11.5. The molecule has 0 atom stereocenters. The lowest BCUT2D eigenvalue weighted by atomic mass is 10.1.